The van der Waals surface area contributed by atoms with Gasteiger partial charge in [-0.05, 0) is 30.2 Å². The summed E-state index contributed by atoms with van der Waals surface area (Å²) in [5.41, 5.74) is 0.837. The zero-order chi connectivity index (χ0) is 20.3. The molecule has 1 aliphatic rings. The van der Waals surface area contributed by atoms with Gasteiger partial charge in [-0.3, -0.25) is 14.6 Å². The van der Waals surface area contributed by atoms with Gasteiger partial charge in [0.05, 0.1) is 18.2 Å². The van der Waals surface area contributed by atoms with Crippen molar-refractivity contribution in [3.05, 3.63) is 71.3 Å². The molecule has 1 saturated heterocycles. The van der Waals surface area contributed by atoms with E-state index in [0.717, 1.165) is 11.6 Å². The molecule has 1 N–H and O–H groups in total. The number of nitrogens with zero attached hydrogens (tertiary/aromatic N) is 2. The van der Waals surface area contributed by atoms with Gasteiger partial charge in [0, 0.05) is 25.7 Å². The summed E-state index contributed by atoms with van der Waals surface area (Å²) in [4.78, 5) is 15.1. The smallest absolute Gasteiger partial charge is 0.416 e. The summed E-state index contributed by atoms with van der Waals surface area (Å²) in [5.74, 6) is -0.877. The first-order valence-corrected chi connectivity index (χ1v) is 9.17. The summed E-state index contributed by atoms with van der Waals surface area (Å²) in [7, 11) is 0. The minimum Gasteiger partial charge on any atom is -0.480 e. The van der Waals surface area contributed by atoms with Gasteiger partial charge < -0.3 is 5.11 Å². The highest BCUT2D eigenvalue weighted by Crippen LogP contribution is 2.35. The first-order valence-electron chi connectivity index (χ1n) is 9.17. The molecule has 1 fully saturated rings. The topological polar surface area (TPSA) is 43.8 Å². The van der Waals surface area contributed by atoms with Crippen LogP contribution in [0.1, 0.15) is 29.7 Å². The molecule has 0 amide bonds. The number of halogens is 3. The Labute approximate surface area is 162 Å². The van der Waals surface area contributed by atoms with Gasteiger partial charge in [0.1, 0.15) is 0 Å². The van der Waals surface area contributed by atoms with Gasteiger partial charge in [-0.25, -0.2) is 0 Å². The molecule has 1 heterocycles. The summed E-state index contributed by atoms with van der Waals surface area (Å²) in [5, 5.41) is 9.06. The van der Waals surface area contributed by atoms with Crippen LogP contribution in [-0.4, -0.2) is 53.1 Å². The fourth-order valence-electron chi connectivity index (χ4n) is 3.80. The Morgan fingerprint density at radius 1 is 1.11 bits per heavy atom. The Morgan fingerprint density at radius 2 is 1.79 bits per heavy atom. The molecular formula is C21H23F3N2O2. The van der Waals surface area contributed by atoms with E-state index in [1.54, 1.807) is 6.07 Å². The number of hydrogen-bond donors (Lipinski definition) is 1. The standard InChI is InChI=1S/C21H23F3N2O2/c1-15-13-26(11-10-25(15)14-19(27)28)20(16-6-3-2-4-7-16)17-8-5-9-18(12-17)21(22,23)24/h2-9,12,15,20H,10-11,13-14H2,1H3,(H,27,28)/t15-,20?/m0/s1. The van der Waals surface area contributed by atoms with E-state index in [0.29, 0.717) is 25.2 Å². The third-order valence-electron chi connectivity index (χ3n) is 5.15. The molecular weight excluding hydrogens is 369 g/mol. The fraction of sp³-hybridized carbons (Fsp3) is 0.381. The molecule has 0 spiro atoms. The van der Waals surface area contributed by atoms with Crippen LogP contribution in [0.3, 0.4) is 0 Å². The van der Waals surface area contributed by atoms with Gasteiger partial charge >= 0.3 is 12.1 Å². The van der Waals surface area contributed by atoms with Crippen molar-refractivity contribution in [2.24, 2.45) is 0 Å². The van der Waals surface area contributed by atoms with Crippen molar-refractivity contribution in [2.45, 2.75) is 25.2 Å². The van der Waals surface area contributed by atoms with Crippen LogP contribution in [0, 0.1) is 0 Å². The minimum atomic E-state index is -4.40. The van der Waals surface area contributed by atoms with Gasteiger partial charge in [0.15, 0.2) is 0 Å². The molecule has 1 unspecified atom stereocenters. The van der Waals surface area contributed by atoms with E-state index in [-0.39, 0.29) is 18.6 Å². The molecule has 2 aromatic rings. The maximum Gasteiger partial charge on any atom is 0.416 e. The summed E-state index contributed by atoms with van der Waals surface area (Å²) < 4.78 is 39.7. The molecule has 7 heteroatoms. The average Bonchev–Trinajstić information content (AvgIpc) is 2.64. The Morgan fingerprint density at radius 3 is 2.39 bits per heavy atom. The Kier molecular flexibility index (Phi) is 6.05. The summed E-state index contributed by atoms with van der Waals surface area (Å²) >= 11 is 0. The molecule has 0 bridgehead atoms. The molecule has 0 aromatic heterocycles. The summed E-state index contributed by atoms with van der Waals surface area (Å²) in [6.45, 7) is 3.62. The zero-order valence-electron chi connectivity index (χ0n) is 15.6. The van der Waals surface area contributed by atoms with Crippen LogP contribution in [0.2, 0.25) is 0 Å². The van der Waals surface area contributed by atoms with Crippen molar-refractivity contribution in [2.75, 3.05) is 26.2 Å². The molecule has 2 aromatic carbocycles. The number of carboxylic acid groups (broad SMARTS) is 1. The predicted octanol–water partition coefficient (Wildman–Crippen LogP) is 3.89. The molecule has 1 aliphatic heterocycles. The summed E-state index contributed by atoms with van der Waals surface area (Å²) in [6.07, 6.45) is -4.40. The normalized spacial score (nSPS) is 20.1. The number of benzene rings is 2. The maximum atomic E-state index is 13.2. The monoisotopic (exact) mass is 392 g/mol. The van der Waals surface area contributed by atoms with E-state index in [4.69, 9.17) is 5.11 Å². The second-order valence-electron chi connectivity index (χ2n) is 7.14. The lowest BCUT2D eigenvalue weighted by Gasteiger charge is -2.43. The Balaban J connectivity index is 1.93. The van der Waals surface area contributed by atoms with Crippen LogP contribution < -0.4 is 0 Å². The van der Waals surface area contributed by atoms with Crippen LogP contribution >= 0.6 is 0 Å². The third kappa shape index (κ3) is 4.72. The molecule has 0 saturated carbocycles. The van der Waals surface area contributed by atoms with Gasteiger partial charge in [-0.15, -0.1) is 0 Å². The largest absolute Gasteiger partial charge is 0.480 e. The van der Waals surface area contributed by atoms with E-state index < -0.39 is 17.7 Å². The molecule has 150 valence electrons. The number of rotatable bonds is 5. The maximum absolute atomic E-state index is 13.2. The highest BCUT2D eigenvalue weighted by atomic mass is 19.4. The van der Waals surface area contributed by atoms with E-state index in [1.165, 1.54) is 12.1 Å². The van der Waals surface area contributed by atoms with E-state index >= 15 is 0 Å². The van der Waals surface area contributed by atoms with Crippen LogP contribution in [0.25, 0.3) is 0 Å². The summed E-state index contributed by atoms with van der Waals surface area (Å²) in [6, 6.07) is 14.6. The highest BCUT2D eigenvalue weighted by Gasteiger charge is 2.34. The lowest BCUT2D eigenvalue weighted by molar-refractivity contribution is -0.139. The molecule has 4 nitrogen and oxygen atoms in total. The zero-order valence-corrected chi connectivity index (χ0v) is 15.6. The van der Waals surface area contributed by atoms with Crippen molar-refractivity contribution >= 4 is 5.97 Å². The van der Waals surface area contributed by atoms with E-state index in [1.807, 2.05) is 42.2 Å². The first kappa shape index (κ1) is 20.4. The van der Waals surface area contributed by atoms with Gasteiger partial charge in [-0.1, -0.05) is 42.5 Å². The lowest BCUT2D eigenvalue weighted by atomic mass is 9.94. The highest BCUT2D eigenvalue weighted by molar-refractivity contribution is 5.69. The van der Waals surface area contributed by atoms with Crippen molar-refractivity contribution < 1.29 is 23.1 Å². The van der Waals surface area contributed by atoms with Gasteiger partial charge in [0.2, 0.25) is 0 Å². The number of carbonyl (C=O) groups is 1. The van der Waals surface area contributed by atoms with Crippen LogP contribution in [0.4, 0.5) is 13.2 Å². The third-order valence-corrected chi connectivity index (χ3v) is 5.15. The quantitative estimate of drug-likeness (QED) is 0.839. The number of aliphatic carboxylic acids is 1. The molecule has 3 rings (SSSR count). The number of alkyl halides is 3. The second-order valence-corrected chi connectivity index (χ2v) is 7.14. The van der Waals surface area contributed by atoms with E-state index in [9.17, 15) is 18.0 Å². The molecule has 0 aliphatic carbocycles. The SMILES string of the molecule is C[C@H]1CN(C(c2ccccc2)c2cccc(C(F)(F)F)c2)CCN1CC(=O)O. The fourth-order valence-corrected chi connectivity index (χ4v) is 3.80. The Hall–Kier alpha value is -2.38. The van der Waals surface area contributed by atoms with Crippen molar-refractivity contribution in [1.29, 1.82) is 0 Å². The number of carboxylic acids is 1. The minimum absolute atomic E-state index is 0.0122. The van der Waals surface area contributed by atoms with E-state index in [2.05, 4.69) is 4.90 Å². The molecule has 0 radical (unpaired) electrons. The van der Waals surface area contributed by atoms with Crippen LogP contribution in [0.15, 0.2) is 54.6 Å². The van der Waals surface area contributed by atoms with Crippen molar-refractivity contribution in [1.82, 2.24) is 9.80 Å². The number of piperazine rings is 1. The number of hydrogen-bond acceptors (Lipinski definition) is 3. The first-order chi connectivity index (χ1) is 13.3. The van der Waals surface area contributed by atoms with Crippen molar-refractivity contribution in [3.8, 4) is 0 Å². The van der Waals surface area contributed by atoms with Crippen molar-refractivity contribution in [3.63, 3.8) is 0 Å². The predicted molar refractivity (Wildman–Crippen MR) is 100.0 cm³/mol. The van der Waals surface area contributed by atoms with Crippen LogP contribution in [0.5, 0.6) is 0 Å². The van der Waals surface area contributed by atoms with Gasteiger partial charge in [-0.2, -0.15) is 13.2 Å². The second kappa shape index (κ2) is 8.32. The molecule has 28 heavy (non-hydrogen) atoms. The van der Waals surface area contributed by atoms with Gasteiger partial charge in [0.25, 0.3) is 0 Å². The Bertz CT molecular complexity index is 811. The van der Waals surface area contributed by atoms with Crippen LogP contribution in [-0.2, 0) is 11.0 Å². The average molecular weight is 392 g/mol. The lowest BCUT2D eigenvalue weighted by Crippen LogP contribution is -2.54. The molecule has 2 atom stereocenters.